The van der Waals surface area contributed by atoms with Crippen LogP contribution in [0.4, 0.5) is 11.4 Å². The molecule has 49 heavy (non-hydrogen) atoms. The third kappa shape index (κ3) is 9.39. The monoisotopic (exact) mass is 657 g/mol. The summed E-state index contributed by atoms with van der Waals surface area (Å²) in [7, 11) is 0. The van der Waals surface area contributed by atoms with Gasteiger partial charge in [-0.3, -0.25) is 0 Å². The van der Waals surface area contributed by atoms with Gasteiger partial charge in [0, 0.05) is 29.1 Å². The largest absolute Gasteiger partial charge is 0.399 e. The summed E-state index contributed by atoms with van der Waals surface area (Å²) in [6.07, 6.45) is 16.9. The highest BCUT2D eigenvalue weighted by Crippen LogP contribution is 2.41. The lowest BCUT2D eigenvalue weighted by Crippen LogP contribution is -2.19. The molecule has 1 aliphatic rings. The fourth-order valence-corrected chi connectivity index (χ4v) is 9.18. The molecular weight excluding hydrogens is 593 g/mol. The first kappa shape index (κ1) is 36.8. The van der Waals surface area contributed by atoms with Crippen LogP contribution in [0.1, 0.15) is 167 Å². The number of hydrogen-bond acceptors (Lipinski definition) is 2. The molecule has 4 aromatic carbocycles. The number of anilines is 2. The number of rotatable bonds is 16. The second-order valence-corrected chi connectivity index (χ2v) is 15.3. The third-order valence-corrected chi connectivity index (χ3v) is 11.8. The van der Waals surface area contributed by atoms with Crippen LogP contribution in [0.15, 0.2) is 84.9 Å². The van der Waals surface area contributed by atoms with Gasteiger partial charge in [0.15, 0.2) is 0 Å². The molecule has 0 spiro atoms. The highest BCUT2D eigenvalue weighted by Gasteiger charge is 2.26. The van der Waals surface area contributed by atoms with Crippen LogP contribution in [0.3, 0.4) is 0 Å². The first-order valence-corrected chi connectivity index (χ1v) is 19.7. The molecule has 0 aromatic heterocycles. The number of hydrogen-bond donors (Lipinski definition) is 2. The molecule has 2 nitrogen and oxygen atoms in total. The van der Waals surface area contributed by atoms with Crippen LogP contribution in [0.2, 0.25) is 0 Å². The van der Waals surface area contributed by atoms with Crippen LogP contribution in [0.25, 0.3) is 0 Å². The minimum absolute atomic E-state index is 0.393. The normalized spacial score (nSPS) is 16.3. The average molecular weight is 657 g/mol. The Morgan fingerprint density at radius 1 is 0.490 bits per heavy atom. The molecule has 5 rings (SSSR count). The number of nitrogen functional groups attached to an aromatic ring is 2. The smallest absolute Gasteiger partial charge is 0.0316 e. The van der Waals surface area contributed by atoms with E-state index < -0.39 is 0 Å². The maximum Gasteiger partial charge on any atom is 0.0316 e. The lowest BCUT2D eigenvalue weighted by Gasteiger charge is -2.32. The molecular formula is C47H64N2. The molecule has 0 heterocycles. The van der Waals surface area contributed by atoms with E-state index in [0.29, 0.717) is 17.8 Å². The Bertz CT molecular complexity index is 1470. The number of aryl methyl sites for hydroxylation is 2. The van der Waals surface area contributed by atoms with Gasteiger partial charge >= 0.3 is 0 Å². The summed E-state index contributed by atoms with van der Waals surface area (Å²) in [4.78, 5) is 0. The Hall–Kier alpha value is -3.52. The van der Waals surface area contributed by atoms with Crippen LogP contribution in [0, 0.1) is 25.7 Å². The van der Waals surface area contributed by atoms with Crippen LogP contribution >= 0.6 is 0 Å². The molecule has 1 fully saturated rings. The summed E-state index contributed by atoms with van der Waals surface area (Å²) < 4.78 is 0. The van der Waals surface area contributed by atoms with Crippen molar-refractivity contribution in [3.05, 3.63) is 129 Å². The van der Waals surface area contributed by atoms with Crippen LogP contribution < -0.4 is 11.5 Å². The Kier molecular flexibility index (Phi) is 13.4. The van der Waals surface area contributed by atoms with E-state index in [1.54, 1.807) is 0 Å². The average Bonchev–Trinajstić information content (AvgIpc) is 3.11. The second kappa shape index (κ2) is 17.9. The van der Waals surface area contributed by atoms with Gasteiger partial charge in [0.1, 0.15) is 0 Å². The zero-order chi connectivity index (χ0) is 34.8. The van der Waals surface area contributed by atoms with Gasteiger partial charge in [0.05, 0.1) is 0 Å². The third-order valence-electron chi connectivity index (χ3n) is 11.8. The van der Waals surface area contributed by atoms with E-state index >= 15 is 0 Å². The van der Waals surface area contributed by atoms with Crippen molar-refractivity contribution >= 4 is 11.4 Å². The summed E-state index contributed by atoms with van der Waals surface area (Å²) in [5.41, 5.74) is 25.1. The van der Waals surface area contributed by atoms with Gasteiger partial charge in [-0.2, -0.15) is 0 Å². The van der Waals surface area contributed by atoms with Crippen molar-refractivity contribution in [2.45, 2.75) is 136 Å². The predicted octanol–water partition coefficient (Wildman–Crippen LogP) is 13.2. The lowest BCUT2D eigenvalue weighted by atomic mass is 9.74. The fourth-order valence-electron chi connectivity index (χ4n) is 9.18. The van der Waals surface area contributed by atoms with Gasteiger partial charge in [-0.05, 0) is 120 Å². The van der Waals surface area contributed by atoms with Gasteiger partial charge in [-0.1, -0.05) is 139 Å². The zero-order valence-corrected chi connectivity index (χ0v) is 31.3. The van der Waals surface area contributed by atoms with Crippen LogP contribution in [-0.4, -0.2) is 0 Å². The van der Waals surface area contributed by atoms with E-state index in [2.05, 4.69) is 120 Å². The van der Waals surface area contributed by atoms with Gasteiger partial charge in [-0.25, -0.2) is 0 Å². The molecule has 0 saturated heterocycles. The van der Waals surface area contributed by atoms with E-state index in [4.69, 9.17) is 11.5 Å². The van der Waals surface area contributed by atoms with Crippen molar-refractivity contribution in [3.63, 3.8) is 0 Å². The zero-order valence-electron chi connectivity index (χ0n) is 31.3. The van der Waals surface area contributed by atoms with Crippen molar-refractivity contribution in [1.82, 2.24) is 0 Å². The van der Waals surface area contributed by atoms with Gasteiger partial charge in [0.25, 0.3) is 0 Å². The predicted molar refractivity (Wildman–Crippen MR) is 214 cm³/mol. The van der Waals surface area contributed by atoms with Gasteiger partial charge < -0.3 is 11.5 Å². The highest BCUT2D eigenvalue weighted by atomic mass is 14.5. The quantitative estimate of drug-likeness (QED) is 0.118. The number of nitrogens with two attached hydrogens (primary N) is 2. The summed E-state index contributed by atoms with van der Waals surface area (Å²) in [6, 6.07) is 32.4. The Morgan fingerprint density at radius 3 is 1.29 bits per heavy atom. The molecule has 2 heteroatoms. The Labute approximate surface area is 299 Å². The molecule has 4 aromatic rings. The molecule has 0 amide bonds. The second-order valence-electron chi connectivity index (χ2n) is 15.3. The minimum Gasteiger partial charge on any atom is -0.399 e. The first-order valence-electron chi connectivity index (χ1n) is 19.7. The van der Waals surface area contributed by atoms with Crippen molar-refractivity contribution in [3.8, 4) is 0 Å². The van der Waals surface area contributed by atoms with E-state index in [0.717, 1.165) is 48.9 Å². The van der Waals surface area contributed by atoms with Crippen molar-refractivity contribution in [2.75, 3.05) is 11.5 Å². The summed E-state index contributed by atoms with van der Waals surface area (Å²) in [5, 5.41) is 0. The first-order chi connectivity index (χ1) is 23.8. The molecule has 262 valence electrons. The molecule has 4 N–H and O–H groups in total. The SMILES string of the molecule is CCCC(c1ccc(C(CCC(CCC)C2CCCCC2)c2ccc(C(CCC)c3ccc(N)cc3C)cc2)cc1)c1ccc(N)cc1C. The van der Waals surface area contributed by atoms with Gasteiger partial charge in [0.2, 0.25) is 0 Å². The molecule has 1 aliphatic carbocycles. The Morgan fingerprint density at radius 2 is 0.898 bits per heavy atom. The summed E-state index contributed by atoms with van der Waals surface area (Å²) in [6.45, 7) is 11.4. The van der Waals surface area contributed by atoms with Gasteiger partial charge in [-0.15, -0.1) is 0 Å². The standard InChI is InChI=1S/C47H64N2/c1-6-12-35(36-15-10-9-11-16-36)25-28-45(37-17-21-39(22-18-37)46(13-7-2)43-29-26-41(48)31-33(43)4)38-19-23-40(24-20-38)47(14-8-3)44-30-27-42(49)32-34(44)5/h17-24,26-27,29-32,35-36,45-47H,6-16,25,28,48-49H2,1-5H3. The molecule has 1 saturated carbocycles. The topological polar surface area (TPSA) is 52.0 Å². The van der Waals surface area contributed by atoms with Crippen LogP contribution in [0.5, 0.6) is 0 Å². The minimum atomic E-state index is 0.393. The maximum absolute atomic E-state index is 6.14. The van der Waals surface area contributed by atoms with Crippen molar-refractivity contribution < 1.29 is 0 Å². The summed E-state index contributed by atoms with van der Waals surface area (Å²) >= 11 is 0. The lowest BCUT2D eigenvalue weighted by molar-refractivity contribution is 0.218. The maximum atomic E-state index is 6.14. The van der Waals surface area contributed by atoms with Crippen molar-refractivity contribution in [1.29, 1.82) is 0 Å². The fraction of sp³-hybridized carbons (Fsp3) is 0.489. The molecule has 0 radical (unpaired) electrons. The molecule has 3 atom stereocenters. The van der Waals surface area contributed by atoms with E-state index in [-0.39, 0.29) is 0 Å². The van der Waals surface area contributed by atoms with E-state index in [1.807, 2.05) is 0 Å². The van der Waals surface area contributed by atoms with E-state index in [1.165, 1.54) is 102 Å². The molecule has 3 unspecified atom stereocenters. The van der Waals surface area contributed by atoms with Crippen LogP contribution in [-0.2, 0) is 0 Å². The van der Waals surface area contributed by atoms with E-state index in [9.17, 15) is 0 Å². The number of benzene rings is 4. The highest BCUT2D eigenvalue weighted by molar-refractivity contribution is 5.50. The Balaban J connectivity index is 1.46. The molecule has 0 bridgehead atoms. The van der Waals surface area contributed by atoms with Crippen molar-refractivity contribution in [2.24, 2.45) is 11.8 Å². The molecule has 0 aliphatic heterocycles. The summed E-state index contributed by atoms with van der Waals surface area (Å²) in [5.74, 6) is 2.94.